The molecule has 0 aromatic rings. The van der Waals surface area contributed by atoms with E-state index in [1.165, 1.54) is 0 Å². The van der Waals surface area contributed by atoms with Crippen LogP contribution in [0.4, 0.5) is 0 Å². The maximum absolute atomic E-state index is 11.5. The van der Waals surface area contributed by atoms with Gasteiger partial charge in [-0.15, -0.1) is 0 Å². The van der Waals surface area contributed by atoms with Gasteiger partial charge in [0.15, 0.2) is 0 Å². The summed E-state index contributed by atoms with van der Waals surface area (Å²) in [6.07, 6.45) is 2.08. The lowest BCUT2D eigenvalue weighted by Gasteiger charge is -2.14. The lowest BCUT2D eigenvalue weighted by Crippen LogP contribution is -2.36. The standard InChI is InChI=1S/C9H17NOS/c1-3-7(2)10-9(11)8-4-5-12-6-8/h7-8H,3-6H2,1-2H3,(H,10,11). The highest BCUT2D eigenvalue weighted by molar-refractivity contribution is 7.99. The van der Waals surface area contributed by atoms with Crippen LogP contribution in [-0.4, -0.2) is 23.5 Å². The molecule has 1 rings (SSSR count). The largest absolute Gasteiger partial charge is 0.353 e. The molecule has 0 radical (unpaired) electrons. The van der Waals surface area contributed by atoms with E-state index in [1.54, 1.807) is 0 Å². The molecule has 1 amide bonds. The monoisotopic (exact) mass is 187 g/mol. The van der Waals surface area contributed by atoms with E-state index in [1.807, 2.05) is 11.8 Å². The Labute approximate surface area is 78.5 Å². The number of hydrogen-bond acceptors (Lipinski definition) is 2. The zero-order valence-corrected chi connectivity index (χ0v) is 8.62. The summed E-state index contributed by atoms with van der Waals surface area (Å²) in [6, 6.07) is 0.336. The Morgan fingerprint density at radius 1 is 1.75 bits per heavy atom. The van der Waals surface area contributed by atoms with Crippen molar-refractivity contribution in [3.05, 3.63) is 0 Å². The summed E-state index contributed by atoms with van der Waals surface area (Å²) in [5.74, 6) is 2.71. The van der Waals surface area contributed by atoms with Crippen molar-refractivity contribution in [2.45, 2.75) is 32.7 Å². The first-order chi connectivity index (χ1) is 5.74. The van der Waals surface area contributed by atoms with Gasteiger partial charge >= 0.3 is 0 Å². The minimum absolute atomic E-state index is 0.259. The van der Waals surface area contributed by atoms with Crippen molar-refractivity contribution in [1.29, 1.82) is 0 Å². The first-order valence-corrected chi connectivity index (χ1v) is 5.77. The van der Waals surface area contributed by atoms with Crippen LogP contribution < -0.4 is 5.32 Å². The van der Waals surface area contributed by atoms with E-state index in [0.717, 1.165) is 24.3 Å². The number of rotatable bonds is 3. The van der Waals surface area contributed by atoms with Gasteiger partial charge in [0, 0.05) is 17.7 Å². The molecule has 0 spiro atoms. The van der Waals surface area contributed by atoms with Crippen molar-refractivity contribution in [2.24, 2.45) is 5.92 Å². The number of nitrogens with one attached hydrogen (secondary N) is 1. The Morgan fingerprint density at radius 3 is 3.00 bits per heavy atom. The third kappa shape index (κ3) is 2.70. The second kappa shape index (κ2) is 4.75. The minimum atomic E-state index is 0.259. The summed E-state index contributed by atoms with van der Waals surface area (Å²) in [6.45, 7) is 4.15. The molecule has 0 aromatic carbocycles. The molecule has 1 saturated heterocycles. The van der Waals surface area contributed by atoms with Crippen molar-refractivity contribution >= 4 is 17.7 Å². The highest BCUT2D eigenvalue weighted by atomic mass is 32.2. The van der Waals surface area contributed by atoms with Crippen LogP contribution >= 0.6 is 11.8 Å². The second-order valence-electron chi connectivity index (χ2n) is 3.38. The molecule has 1 aliphatic heterocycles. The highest BCUT2D eigenvalue weighted by Gasteiger charge is 2.23. The molecule has 0 bridgehead atoms. The maximum atomic E-state index is 11.5. The summed E-state index contributed by atoms with van der Waals surface area (Å²) in [5.41, 5.74) is 0. The van der Waals surface area contributed by atoms with E-state index in [4.69, 9.17) is 0 Å². The predicted molar refractivity (Wildman–Crippen MR) is 53.3 cm³/mol. The number of carbonyl (C=O) groups is 1. The van der Waals surface area contributed by atoms with Crippen molar-refractivity contribution in [3.8, 4) is 0 Å². The Hall–Kier alpha value is -0.180. The average Bonchev–Trinajstić information content (AvgIpc) is 2.56. The van der Waals surface area contributed by atoms with Gasteiger partial charge in [0.1, 0.15) is 0 Å². The van der Waals surface area contributed by atoms with Crippen LogP contribution in [0.5, 0.6) is 0 Å². The van der Waals surface area contributed by atoms with Crippen molar-refractivity contribution in [2.75, 3.05) is 11.5 Å². The Balaban J connectivity index is 2.27. The van der Waals surface area contributed by atoms with E-state index in [0.29, 0.717) is 6.04 Å². The Morgan fingerprint density at radius 2 is 2.50 bits per heavy atom. The highest BCUT2D eigenvalue weighted by Crippen LogP contribution is 2.23. The smallest absolute Gasteiger partial charge is 0.224 e. The van der Waals surface area contributed by atoms with Gasteiger partial charge in [-0.3, -0.25) is 4.79 Å². The van der Waals surface area contributed by atoms with Crippen LogP contribution in [0.3, 0.4) is 0 Å². The lowest BCUT2D eigenvalue weighted by molar-refractivity contribution is -0.124. The Bertz CT molecular complexity index is 155. The first-order valence-electron chi connectivity index (χ1n) is 4.62. The maximum Gasteiger partial charge on any atom is 0.224 e. The van der Waals surface area contributed by atoms with Crippen LogP contribution in [0.1, 0.15) is 26.7 Å². The second-order valence-corrected chi connectivity index (χ2v) is 4.53. The fraction of sp³-hybridized carbons (Fsp3) is 0.889. The SMILES string of the molecule is CCC(C)NC(=O)C1CCSC1. The van der Waals surface area contributed by atoms with Gasteiger partial charge in [-0.25, -0.2) is 0 Å². The molecule has 12 heavy (non-hydrogen) atoms. The zero-order chi connectivity index (χ0) is 8.97. The molecule has 2 atom stereocenters. The average molecular weight is 187 g/mol. The molecule has 0 aromatic heterocycles. The van der Waals surface area contributed by atoms with Gasteiger partial charge in [0.25, 0.3) is 0 Å². The summed E-state index contributed by atoms with van der Waals surface area (Å²) < 4.78 is 0. The fourth-order valence-electron chi connectivity index (χ4n) is 1.20. The van der Waals surface area contributed by atoms with Crippen molar-refractivity contribution in [3.63, 3.8) is 0 Å². The molecule has 1 fully saturated rings. The Kier molecular flexibility index (Phi) is 3.92. The molecule has 0 aliphatic carbocycles. The number of carbonyl (C=O) groups excluding carboxylic acids is 1. The number of amides is 1. The van der Waals surface area contributed by atoms with Crippen LogP contribution in [0.2, 0.25) is 0 Å². The van der Waals surface area contributed by atoms with Gasteiger partial charge in [0.05, 0.1) is 0 Å². The molecular weight excluding hydrogens is 170 g/mol. The number of hydrogen-bond donors (Lipinski definition) is 1. The topological polar surface area (TPSA) is 29.1 Å². The van der Waals surface area contributed by atoms with E-state index in [9.17, 15) is 4.79 Å². The van der Waals surface area contributed by atoms with E-state index in [2.05, 4.69) is 19.2 Å². The van der Waals surface area contributed by atoms with Crippen molar-refractivity contribution < 1.29 is 4.79 Å². The van der Waals surface area contributed by atoms with Gasteiger partial charge < -0.3 is 5.32 Å². The third-order valence-electron chi connectivity index (χ3n) is 2.30. The van der Waals surface area contributed by atoms with Gasteiger partial charge in [0.2, 0.25) is 5.91 Å². The van der Waals surface area contributed by atoms with E-state index in [-0.39, 0.29) is 11.8 Å². The molecule has 1 N–H and O–H groups in total. The first kappa shape index (κ1) is 9.90. The summed E-state index contributed by atoms with van der Waals surface area (Å²) >= 11 is 1.88. The molecular formula is C9H17NOS. The quantitative estimate of drug-likeness (QED) is 0.728. The minimum Gasteiger partial charge on any atom is -0.353 e. The molecule has 2 nitrogen and oxygen atoms in total. The third-order valence-corrected chi connectivity index (χ3v) is 3.46. The lowest BCUT2D eigenvalue weighted by atomic mass is 10.1. The van der Waals surface area contributed by atoms with Gasteiger partial charge in [-0.1, -0.05) is 6.92 Å². The van der Waals surface area contributed by atoms with Crippen LogP contribution in [0.15, 0.2) is 0 Å². The predicted octanol–water partition coefficient (Wildman–Crippen LogP) is 1.65. The summed E-state index contributed by atoms with van der Waals surface area (Å²) in [4.78, 5) is 11.5. The van der Waals surface area contributed by atoms with Crippen LogP contribution in [-0.2, 0) is 4.79 Å². The van der Waals surface area contributed by atoms with Gasteiger partial charge in [-0.05, 0) is 25.5 Å². The normalized spacial score (nSPS) is 25.3. The molecule has 1 heterocycles. The zero-order valence-electron chi connectivity index (χ0n) is 7.80. The van der Waals surface area contributed by atoms with Gasteiger partial charge in [-0.2, -0.15) is 11.8 Å². The van der Waals surface area contributed by atoms with Crippen molar-refractivity contribution in [1.82, 2.24) is 5.32 Å². The summed E-state index contributed by atoms with van der Waals surface area (Å²) in [5, 5.41) is 3.02. The van der Waals surface area contributed by atoms with Crippen LogP contribution in [0.25, 0.3) is 0 Å². The fourth-order valence-corrected chi connectivity index (χ4v) is 2.42. The molecule has 0 saturated carbocycles. The molecule has 3 heteroatoms. The van der Waals surface area contributed by atoms with Crippen LogP contribution in [0, 0.1) is 5.92 Å². The molecule has 1 aliphatic rings. The van der Waals surface area contributed by atoms with E-state index >= 15 is 0 Å². The van der Waals surface area contributed by atoms with E-state index < -0.39 is 0 Å². The summed E-state index contributed by atoms with van der Waals surface area (Å²) in [7, 11) is 0. The number of thioether (sulfide) groups is 1. The molecule has 70 valence electrons. The molecule has 2 unspecified atom stereocenters.